The highest BCUT2D eigenvalue weighted by Gasteiger charge is 2.42. The monoisotopic (exact) mass is 309 g/mol. The fourth-order valence-corrected chi connectivity index (χ4v) is 1.45. The Labute approximate surface area is 108 Å². The summed E-state index contributed by atoms with van der Waals surface area (Å²) in [6, 6.07) is 0.791. The van der Waals surface area contributed by atoms with Crippen LogP contribution in [0.4, 0.5) is 26.3 Å². The Hall–Kier alpha value is -1.38. The second-order valence-corrected chi connectivity index (χ2v) is 3.45. The lowest BCUT2D eigenvalue weighted by Gasteiger charge is -2.17. The molecule has 0 radical (unpaired) electrons. The van der Waals surface area contributed by atoms with E-state index in [2.05, 4.69) is 14.5 Å². The fourth-order valence-electron chi connectivity index (χ4n) is 1.24. The van der Waals surface area contributed by atoms with Crippen LogP contribution in [0.3, 0.4) is 0 Å². The Morgan fingerprint density at radius 1 is 1.21 bits per heavy atom. The van der Waals surface area contributed by atoms with E-state index in [0.29, 0.717) is 0 Å². The predicted octanol–water partition coefficient (Wildman–Crippen LogP) is 3.75. The summed E-state index contributed by atoms with van der Waals surface area (Å²) in [4.78, 5) is 3.01. The molecule has 1 aromatic heterocycles. The molecule has 0 aromatic carbocycles. The van der Waals surface area contributed by atoms with Gasteiger partial charge in [0.1, 0.15) is 5.56 Å². The number of pyridine rings is 1. The van der Waals surface area contributed by atoms with Crippen LogP contribution in [0.2, 0.25) is 0 Å². The summed E-state index contributed by atoms with van der Waals surface area (Å²) in [5, 5.41) is 0. The number of rotatable bonds is 3. The van der Waals surface area contributed by atoms with E-state index in [0.717, 1.165) is 13.2 Å². The first-order valence-electron chi connectivity index (χ1n) is 4.55. The first-order valence-corrected chi connectivity index (χ1v) is 5.08. The van der Waals surface area contributed by atoms with Crippen molar-refractivity contribution in [3.63, 3.8) is 0 Å². The molecule has 1 aromatic rings. The van der Waals surface area contributed by atoms with E-state index in [9.17, 15) is 26.3 Å². The van der Waals surface area contributed by atoms with Crippen molar-refractivity contribution in [3.8, 4) is 11.8 Å². The first-order chi connectivity index (χ1) is 8.58. The van der Waals surface area contributed by atoms with Crippen molar-refractivity contribution in [3.05, 3.63) is 17.2 Å². The van der Waals surface area contributed by atoms with Gasteiger partial charge in [-0.1, -0.05) is 0 Å². The van der Waals surface area contributed by atoms with Gasteiger partial charge < -0.3 is 9.47 Å². The Balaban J connectivity index is 3.47. The van der Waals surface area contributed by atoms with Crippen molar-refractivity contribution in [2.24, 2.45) is 0 Å². The minimum absolute atomic E-state index is 0.470. The van der Waals surface area contributed by atoms with E-state index in [1.54, 1.807) is 0 Å². The van der Waals surface area contributed by atoms with E-state index >= 15 is 0 Å². The minimum atomic E-state index is -5.32. The number of alkyl halides is 7. The summed E-state index contributed by atoms with van der Waals surface area (Å²) in [6.45, 7) is 0. The van der Waals surface area contributed by atoms with Gasteiger partial charge in [-0.3, -0.25) is 0 Å². The normalized spacial score (nSPS) is 12.4. The molecule has 108 valence electrons. The molecule has 0 atom stereocenters. The van der Waals surface area contributed by atoms with Crippen molar-refractivity contribution < 1.29 is 35.8 Å². The lowest BCUT2D eigenvalue weighted by atomic mass is 10.1. The summed E-state index contributed by atoms with van der Waals surface area (Å²) in [5.41, 5.74) is -2.30. The quantitative estimate of drug-likeness (QED) is 0.629. The molecular formula is C9H6ClF6NO2. The second kappa shape index (κ2) is 5.32. The van der Waals surface area contributed by atoms with Gasteiger partial charge in [0.25, 0.3) is 0 Å². The second-order valence-electron chi connectivity index (χ2n) is 3.18. The molecule has 0 saturated heterocycles. The van der Waals surface area contributed by atoms with Gasteiger partial charge in [0.2, 0.25) is 11.8 Å². The molecule has 0 aliphatic heterocycles. The molecular weight excluding hydrogens is 304 g/mol. The van der Waals surface area contributed by atoms with Crippen LogP contribution in [0.5, 0.6) is 11.8 Å². The molecule has 3 nitrogen and oxygen atoms in total. The van der Waals surface area contributed by atoms with E-state index in [4.69, 9.17) is 11.6 Å². The third-order valence-corrected chi connectivity index (χ3v) is 2.18. The van der Waals surface area contributed by atoms with Gasteiger partial charge in [-0.2, -0.15) is 18.2 Å². The van der Waals surface area contributed by atoms with Crippen LogP contribution in [-0.4, -0.2) is 18.5 Å². The maximum Gasteiger partial charge on any atom is 0.574 e. The van der Waals surface area contributed by atoms with Gasteiger partial charge in [-0.05, 0) is 5.56 Å². The van der Waals surface area contributed by atoms with Gasteiger partial charge in [0.15, 0.2) is 0 Å². The van der Waals surface area contributed by atoms with Crippen molar-refractivity contribution in [2.45, 2.75) is 18.4 Å². The first kappa shape index (κ1) is 15.7. The van der Waals surface area contributed by atoms with Crippen molar-refractivity contribution in [1.29, 1.82) is 0 Å². The SMILES string of the molecule is COc1cc(CCl)c(C(F)(F)F)c(OC(F)(F)F)n1. The molecule has 0 amide bonds. The average Bonchev–Trinajstić information content (AvgIpc) is 2.23. The smallest absolute Gasteiger partial charge is 0.481 e. The van der Waals surface area contributed by atoms with Gasteiger partial charge >= 0.3 is 12.5 Å². The maximum atomic E-state index is 12.7. The number of aromatic nitrogens is 1. The van der Waals surface area contributed by atoms with Crippen LogP contribution >= 0.6 is 11.6 Å². The molecule has 0 N–H and O–H groups in total. The fraction of sp³-hybridized carbons (Fsp3) is 0.444. The number of ether oxygens (including phenoxy) is 2. The number of hydrogen-bond acceptors (Lipinski definition) is 3. The predicted molar refractivity (Wildman–Crippen MR) is 52.0 cm³/mol. The third kappa shape index (κ3) is 4.05. The van der Waals surface area contributed by atoms with Crippen molar-refractivity contribution in [2.75, 3.05) is 7.11 Å². The van der Waals surface area contributed by atoms with Gasteiger partial charge in [-0.25, -0.2) is 0 Å². The van der Waals surface area contributed by atoms with E-state index < -0.39 is 41.3 Å². The van der Waals surface area contributed by atoms with Gasteiger partial charge in [-0.15, -0.1) is 24.8 Å². The zero-order valence-corrected chi connectivity index (χ0v) is 9.95. The molecule has 19 heavy (non-hydrogen) atoms. The number of methoxy groups -OCH3 is 1. The Morgan fingerprint density at radius 3 is 2.16 bits per heavy atom. The molecule has 10 heteroatoms. The highest BCUT2D eigenvalue weighted by atomic mass is 35.5. The summed E-state index contributed by atoms with van der Waals surface area (Å²) in [6.07, 6.45) is -10.4. The summed E-state index contributed by atoms with van der Waals surface area (Å²) >= 11 is 5.29. The molecule has 1 heterocycles. The minimum Gasteiger partial charge on any atom is -0.481 e. The van der Waals surface area contributed by atoms with Crippen molar-refractivity contribution >= 4 is 11.6 Å². The van der Waals surface area contributed by atoms with E-state index in [1.165, 1.54) is 0 Å². The van der Waals surface area contributed by atoms with E-state index in [-0.39, 0.29) is 0 Å². The number of hydrogen-bond donors (Lipinski definition) is 0. The lowest BCUT2D eigenvalue weighted by molar-refractivity contribution is -0.278. The van der Waals surface area contributed by atoms with Crippen LogP contribution in [0.15, 0.2) is 6.07 Å². The number of nitrogens with zero attached hydrogens (tertiary/aromatic N) is 1. The van der Waals surface area contributed by atoms with Crippen LogP contribution in [0.25, 0.3) is 0 Å². The Bertz CT molecular complexity index is 459. The lowest BCUT2D eigenvalue weighted by Crippen LogP contribution is -2.22. The molecule has 0 aliphatic carbocycles. The van der Waals surface area contributed by atoms with Crippen molar-refractivity contribution in [1.82, 2.24) is 4.98 Å². The van der Waals surface area contributed by atoms with Crippen LogP contribution in [0, 0.1) is 0 Å². The molecule has 1 rings (SSSR count). The largest absolute Gasteiger partial charge is 0.574 e. The molecule has 0 spiro atoms. The molecule has 0 saturated carbocycles. The highest BCUT2D eigenvalue weighted by Crippen LogP contribution is 2.41. The Kier molecular flexibility index (Phi) is 4.39. The van der Waals surface area contributed by atoms with E-state index in [1.807, 2.05) is 0 Å². The summed E-state index contributed by atoms with van der Waals surface area (Å²) < 4.78 is 82.2. The van der Waals surface area contributed by atoms with Gasteiger partial charge in [0, 0.05) is 11.9 Å². The Morgan fingerprint density at radius 2 is 1.79 bits per heavy atom. The van der Waals surface area contributed by atoms with Crippen LogP contribution in [0.1, 0.15) is 11.1 Å². The average molecular weight is 310 g/mol. The standard InChI is InChI=1S/C9H6ClF6NO2/c1-18-5-2-4(3-10)6(8(11,12)13)7(17-5)19-9(14,15)16/h2H,3H2,1H3. The molecule has 0 aliphatic rings. The third-order valence-electron chi connectivity index (χ3n) is 1.89. The zero-order valence-electron chi connectivity index (χ0n) is 9.19. The van der Waals surface area contributed by atoms with Gasteiger partial charge in [0.05, 0.1) is 7.11 Å². The maximum absolute atomic E-state index is 12.7. The number of halogens is 7. The molecule has 0 bridgehead atoms. The molecule has 0 unspecified atom stereocenters. The highest BCUT2D eigenvalue weighted by molar-refractivity contribution is 6.17. The summed E-state index contributed by atoms with van der Waals surface area (Å²) in [7, 11) is 1.03. The van der Waals surface area contributed by atoms with Crippen LogP contribution < -0.4 is 9.47 Å². The summed E-state index contributed by atoms with van der Waals surface area (Å²) in [5.74, 6) is -2.79. The zero-order chi connectivity index (χ0) is 14.8. The topological polar surface area (TPSA) is 31.4 Å². The van der Waals surface area contributed by atoms with Crippen LogP contribution in [-0.2, 0) is 12.1 Å². The molecule has 0 fully saturated rings.